The van der Waals surface area contributed by atoms with Gasteiger partial charge in [-0.15, -0.1) is 0 Å². The fourth-order valence-corrected chi connectivity index (χ4v) is 3.96. The van der Waals surface area contributed by atoms with Gasteiger partial charge in [-0.3, -0.25) is 4.98 Å². The minimum Gasteiger partial charge on any atom is -0.454 e. The van der Waals surface area contributed by atoms with Crippen LogP contribution in [0.15, 0.2) is 73.1 Å². The molecule has 3 aromatic rings. The second-order valence-electron chi connectivity index (χ2n) is 7.85. The van der Waals surface area contributed by atoms with Crippen molar-refractivity contribution in [1.82, 2.24) is 15.2 Å². The number of hydrogen-bond donors (Lipinski definition) is 2. The van der Waals surface area contributed by atoms with Crippen LogP contribution in [-0.4, -0.2) is 41.6 Å². The van der Waals surface area contributed by atoms with Crippen LogP contribution in [-0.2, 0) is 6.42 Å². The molecule has 32 heavy (non-hydrogen) atoms. The Hall–Kier alpha value is -3.09. The van der Waals surface area contributed by atoms with E-state index in [1.807, 2.05) is 42.7 Å². The first-order valence-electron chi connectivity index (χ1n) is 10.9. The molecule has 166 valence electrons. The van der Waals surface area contributed by atoms with E-state index in [1.165, 1.54) is 5.56 Å². The number of halogens is 1. The summed E-state index contributed by atoms with van der Waals surface area (Å²) >= 11 is 6.20. The fourth-order valence-electron chi connectivity index (χ4n) is 3.79. The number of benzene rings is 2. The van der Waals surface area contributed by atoms with E-state index in [2.05, 4.69) is 32.7 Å². The first kappa shape index (κ1) is 22.1. The second-order valence-corrected chi connectivity index (χ2v) is 8.26. The Balaban J connectivity index is 1.25. The monoisotopic (exact) mass is 450 g/mol. The van der Waals surface area contributed by atoms with Gasteiger partial charge in [-0.05, 0) is 61.2 Å². The van der Waals surface area contributed by atoms with E-state index in [1.54, 1.807) is 18.2 Å². The lowest BCUT2D eigenvalue weighted by atomic mass is 10.0. The number of anilines is 1. The topological polar surface area (TPSA) is 66.5 Å². The van der Waals surface area contributed by atoms with Crippen molar-refractivity contribution in [1.29, 1.82) is 0 Å². The SMILES string of the molecule is O=C(Nc1ccccc1Oc1ccccc1Cl)NC1CCN(CCc2ccncc2)CC1. The van der Waals surface area contributed by atoms with Crippen LogP contribution in [0.4, 0.5) is 10.5 Å². The molecule has 7 heteroatoms. The molecule has 6 nitrogen and oxygen atoms in total. The zero-order chi connectivity index (χ0) is 22.2. The molecule has 0 aliphatic carbocycles. The van der Waals surface area contributed by atoms with Gasteiger partial charge < -0.3 is 20.3 Å². The van der Waals surface area contributed by atoms with Gasteiger partial charge in [0.05, 0.1) is 10.7 Å². The maximum atomic E-state index is 12.6. The number of ether oxygens (including phenoxy) is 1. The maximum Gasteiger partial charge on any atom is 0.319 e. The number of nitrogens with one attached hydrogen (secondary N) is 2. The zero-order valence-corrected chi connectivity index (χ0v) is 18.6. The Labute approximate surface area is 193 Å². The number of piperidine rings is 1. The van der Waals surface area contributed by atoms with Crippen LogP contribution < -0.4 is 15.4 Å². The molecular formula is C25H27ClN4O2. The van der Waals surface area contributed by atoms with Crippen molar-refractivity contribution in [3.8, 4) is 11.5 Å². The summed E-state index contributed by atoms with van der Waals surface area (Å²) in [5.74, 6) is 1.09. The van der Waals surface area contributed by atoms with E-state index in [0.717, 1.165) is 38.9 Å². The van der Waals surface area contributed by atoms with Crippen LogP contribution in [0.3, 0.4) is 0 Å². The quantitative estimate of drug-likeness (QED) is 0.508. The van der Waals surface area contributed by atoms with Crippen molar-refractivity contribution < 1.29 is 9.53 Å². The molecule has 0 spiro atoms. The fraction of sp³-hybridized carbons (Fsp3) is 0.280. The Morgan fingerprint density at radius 2 is 1.69 bits per heavy atom. The lowest BCUT2D eigenvalue weighted by Gasteiger charge is -2.32. The van der Waals surface area contributed by atoms with Crippen molar-refractivity contribution >= 4 is 23.3 Å². The number of para-hydroxylation sites is 3. The number of carbonyl (C=O) groups is 1. The molecule has 0 saturated carbocycles. The highest BCUT2D eigenvalue weighted by atomic mass is 35.5. The van der Waals surface area contributed by atoms with E-state index in [0.29, 0.717) is 22.2 Å². The summed E-state index contributed by atoms with van der Waals surface area (Å²) in [6.45, 7) is 2.97. The summed E-state index contributed by atoms with van der Waals surface area (Å²) in [6.07, 6.45) is 6.55. The normalized spacial score (nSPS) is 14.7. The van der Waals surface area contributed by atoms with Crippen molar-refractivity contribution in [2.24, 2.45) is 0 Å². The smallest absolute Gasteiger partial charge is 0.319 e. The number of urea groups is 1. The van der Waals surface area contributed by atoms with E-state index < -0.39 is 0 Å². The number of hydrogen-bond acceptors (Lipinski definition) is 4. The van der Waals surface area contributed by atoms with Crippen LogP contribution in [0.25, 0.3) is 0 Å². The summed E-state index contributed by atoms with van der Waals surface area (Å²) in [4.78, 5) is 19.1. The highest BCUT2D eigenvalue weighted by Crippen LogP contribution is 2.33. The van der Waals surface area contributed by atoms with Crippen LogP contribution in [0.1, 0.15) is 18.4 Å². The van der Waals surface area contributed by atoms with Crippen LogP contribution >= 0.6 is 11.6 Å². The molecule has 1 aliphatic heterocycles. The molecule has 0 atom stereocenters. The summed E-state index contributed by atoms with van der Waals surface area (Å²) in [5.41, 5.74) is 1.90. The Bertz CT molecular complexity index is 1020. The molecule has 0 bridgehead atoms. The van der Waals surface area contributed by atoms with Gasteiger partial charge in [-0.2, -0.15) is 0 Å². The van der Waals surface area contributed by atoms with Crippen molar-refractivity contribution in [2.75, 3.05) is 25.0 Å². The Kier molecular flexibility index (Phi) is 7.59. The van der Waals surface area contributed by atoms with Gasteiger partial charge in [0.1, 0.15) is 5.75 Å². The van der Waals surface area contributed by atoms with Crippen molar-refractivity contribution in [2.45, 2.75) is 25.3 Å². The Morgan fingerprint density at radius 3 is 2.44 bits per heavy atom. The van der Waals surface area contributed by atoms with E-state index in [4.69, 9.17) is 16.3 Å². The molecule has 2 N–H and O–H groups in total. The molecule has 1 aliphatic rings. The number of likely N-dealkylation sites (tertiary alicyclic amines) is 1. The molecule has 1 saturated heterocycles. The highest BCUT2D eigenvalue weighted by Gasteiger charge is 2.21. The number of nitrogens with zero attached hydrogens (tertiary/aromatic N) is 2. The first-order chi connectivity index (χ1) is 15.7. The lowest BCUT2D eigenvalue weighted by molar-refractivity contribution is 0.197. The number of amides is 2. The third kappa shape index (κ3) is 6.22. The van der Waals surface area contributed by atoms with Gasteiger partial charge in [-0.1, -0.05) is 35.9 Å². The standard InChI is InChI=1S/C25H27ClN4O2/c26-21-5-1-3-7-23(21)32-24-8-4-2-6-22(24)29-25(31)28-20-12-17-30(18-13-20)16-11-19-9-14-27-15-10-19/h1-10,14-15,20H,11-13,16-18H2,(H2,28,29,31). The van der Waals surface area contributed by atoms with Gasteiger partial charge in [-0.25, -0.2) is 4.79 Å². The summed E-state index contributed by atoms with van der Waals surface area (Å²) in [7, 11) is 0. The predicted molar refractivity (Wildman–Crippen MR) is 128 cm³/mol. The molecule has 2 amide bonds. The number of aromatic nitrogens is 1. The summed E-state index contributed by atoms with van der Waals surface area (Å²) in [5, 5.41) is 6.53. The third-order valence-corrected chi connectivity index (χ3v) is 5.89. The maximum absolute atomic E-state index is 12.6. The summed E-state index contributed by atoms with van der Waals surface area (Å²) in [6, 6.07) is 18.6. The average Bonchev–Trinajstić information content (AvgIpc) is 2.82. The minimum atomic E-state index is -0.226. The molecule has 2 aromatic carbocycles. The second kappa shape index (κ2) is 11.0. The van der Waals surface area contributed by atoms with Crippen LogP contribution in [0, 0.1) is 0 Å². The van der Waals surface area contributed by atoms with Gasteiger partial charge >= 0.3 is 6.03 Å². The minimum absolute atomic E-state index is 0.156. The summed E-state index contributed by atoms with van der Waals surface area (Å²) < 4.78 is 5.92. The largest absolute Gasteiger partial charge is 0.454 e. The average molecular weight is 451 g/mol. The third-order valence-electron chi connectivity index (χ3n) is 5.58. The van der Waals surface area contributed by atoms with E-state index >= 15 is 0 Å². The molecular weight excluding hydrogens is 424 g/mol. The molecule has 1 aromatic heterocycles. The van der Waals surface area contributed by atoms with Crippen LogP contribution in [0.2, 0.25) is 5.02 Å². The molecule has 2 heterocycles. The van der Waals surface area contributed by atoms with Gasteiger partial charge in [0.15, 0.2) is 5.75 Å². The molecule has 0 radical (unpaired) electrons. The highest BCUT2D eigenvalue weighted by molar-refractivity contribution is 6.32. The molecule has 0 unspecified atom stereocenters. The predicted octanol–water partition coefficient (Wildman–Crippen LogP) is 5.36. The first-order valence-corrected chi connectivity index (χ1v) is 11.3. The van der Waals surface area contributed by atoms with E-state index in [-0.39, 0.29) is 12.1 Å². The number of carbonyl (C=O) groups excluding carboxylic acids is 1. The van der Waals surface area contributed by atoms with Crippen molar-refractivity contribution in [3.63, 3.8) is 0 Å². The van der Waals surface area contributed by atoms with Gasteiger partial charge in [0, 0.05) is 38.1 Å². The zero-order valence-electron chi connectivity index (χ0n) is 17.8. The Morgan fingerprint density at radius 1 is 1.00 bits per heavy atom. The van der Waals surface area contributed by atoms with Gasteiger partial charge in [0.25, 0.3) is 0 Å². The molecule has 4 rings (SSSR count). The molecule has 1 fully saturated rings. The number of pyridine rings is 1. The van der Waals surface area contributed by atoms with Crippen molar-refractivity contribution in [3.05, 3.63) is 83.6 Å². The number of rotatable bonds is 7. The van der Waals surface area contributed by atoms with E-state index in [9.17, 15) is 4.79 Å². The van der Waals surface area contributed by atoms with Gasteiger partial charge in [0.2, 0.25) is 0 Å². The van der Waals surface area contributed by atoms with Crippen LogP contribution in [0.5, 0.6) is 11.5 Å². The lowest BCUT2D eigenvalue weighted by Crippen LogP contribution is -2.46.